The summed E-state index contributed by atoms with van der Waals surface area (Å²) in [5, 5.41) is 0. The molecular formula is C20H24N2O3. The molecule has 0 aromatic heterocycles. The molecule has 1 saturated heterocycles. The summed E-state index contributed by atoms with van der Waals surface area (Å²) >= 11 is 0. The van der Waals surface area contributed by atoms with Gasteiger partial charge in [0.25, 0.3) is 5.91 Å². The first-order valence-corrected chi connectivity index (χ1v) is 8.47. The first kappa shape index (κ1) is 17.3. The van der Waals surface area contributed by atoms with Gasteiger partial charge in [-0.15, -0.1) is 0 Å². The van der Waals surface area contributed by atoms with Crippen LogP contribution >= 0.6 is 0 Å². The quantitative estimate of drug-likeness (QED) is 0.839. The van der Waals surface area contributed by atoms with Crippen LogP contribution in [0.2, 0.25) is 0 Å². The highest BCUT2D eigenvalue weighted by Crippen LogP contribution is 2.21. The number of carbonyl (C=O) groups is 1. The van der Waals surface area contributed by atoms with Crippen molar-refractivity contribution in [2.45, 2.75) is 6.61 Å². The lowest BCUT2D eigenvalue weighted by Gasteiger charge is -2.36. The number of anilines is 1. The summed E-state index contributed by atoms with van der Waals surface area (Å²) in [6.45, 7) is 3.68. The molecular weight excluding hydrogens is 316 g/mol. The molecule has 3 rings (SSSR count). The second-order valence-electron chi connectivity index (χ2n) is 6.11. The fraction of sp³-hybridized carbons (Fsp3) is 0.350. The maximum absolute atomic E-state index is 12.7. The van der Waals surface area contributed by atoms with E-state index in [9.17, 15) is 4.79 Å². The number of carbonyl (C=O) groups excluding carboxylic acids is 1. The minimum Gasteiger partial charge on any atom is -0.497 e. The molecule has 1 fully saturated rings. The molecule has 1 aliphatic heterocycles. The Morgan fingerprint density at radius 1 is 0.920 bits per heavy atom. The number of piperazine rings is 1. The molecule has 2 aromatic carbocycles. The van der Waals surface area contributed by atoms with Crippen LogP contribution in [0.25, 0.3) is 0 Å². The Morgan fingerprint density at radius 2 is 1.56 bits per heavy atom. The van der Waals surface area contributed by atoms with Gasteiger partial charge in [-0.1, -0.05) is 12.1 Å². The fourth-order valence-corrected chi connectivity index (χ4v) is 3.05. The molecule has 0 bridgehead atoms. The lowest BCUT2D eigenvalue weighted by atomic mass is 10.1. The van der Waals surface area contributed by atoms with Crippen molar-refractivity contribution in [1.29, 1.82) is 0 Å². The highest BCUT2D eigenvalue weighted by Gasteiger charge is 2.22. The van der Waals surface area contributed by atoms with E-state index in [1.165, 1.54) is 0 Å². The molecule has 25 heavy (non-hydrogen) atoms. The average Bonchev–Trinajstić information content (AvgIpc) is 2.68. The van der Waals surface area contributed by atoms with Crippen molar-refractivity contribution in [1.82, 2.24) is 4.90 Å². The van der Waals surface area contributed by atoms with E-state index in [2.05, 4.69) is 17.0 Å². The third-order valence-electron chi connectivity index (χ3n) is 4.52. The van der Waals surface area contributed by atoms with E-state index in [-0.39, 0.29) is 5.91 Å². The van der Waals surface area contributed by atoms with Crippen LogP contribution in [0.5, 0.6) is 5.75 Å². The van der Waals surface area contributed by atoms with E-state index in [4.69, 9.17) is 9.47 Å². The maximum Gasteiger partial charge on any atom is 0.253 e. The number of hydrogen-bond donors (Lipinski definition) is 0. The van der Waals surface area contributed by atoms with Crippen molar-refractivity contribution in [2.24, 2.45) is 0 Å². The molecule has 132 valence electrons. The molecule has 0 N–H and O–H groups in total. The van der Waals surface area contributed by atoms with Gasteiger partial charge in [0, 0.05) is 44.5 Å². The second-order valence-corrected chi connectivity index (χ2v) is 6.11. The van der Waals surface area contributed by atoms with Crippen LogP contribution in [0.4, 0.5) is 5.69 Å². The molecule has 0 atom stereocenters. The van der Waals surface area contributed by atoms with E-state index < -0.39 is 0 Å². The minimum atomic E-state index is 0.0957. The van der Waals surface area contributed by atoms with Crippen LogP contribution in [0.3, 0.4) is 0 Å². The van der Waals surface area contributed by atoms with Crippen molar-refractivity contribution < 1.29 is 14.3 Å². The largest absolute Gasteiger partial charge is 0.497 e. The van der Waals surface area contributed by atoms with Crippen LogP contribution in [-0.4, -0.2) is 51.2 Å². The van der Waals surface area contributed by atoms with Crippen molar-refractivity contribution >= 4 is 11.6 Å². The van der Waals surface area contributed by atoms with Gasteiger partial charge in [-0.3, -0.25) is 4.79 Å². The van der Waals surface area contributed by atoms with Gasteiger partial charge >= 0.3 is 0 Å². The summed E-state index contributed by atoms with van der Waals surface area (Å²) in [5.74, 6) is 0.952. The molecule has 5 nitrogen and oxygen atoms in total. The zero-order chi connectivity index (χ0) is 17.6. The molecule has 2 aromatic rings. The predicted molar refractivity (Wildman–Crippen MR) is 98.3 cm³/mol. The number of hydrogen-bond acceptors (Lipinski definition) is 4. The normalized spacial score (nSPS) is 14.5. The first-order chi connectivity index (χ1) is 12.2. The monoisotopic (exact) mass is 340 g/mol. The summed E-state index contributed by atoms with van der Waals surface area (Å²) in [5.41, 5.74) is 2.97. The Labute approximate surface area is 148 Å². The van der Waals surface area contributed by atoms with Gasteiger partial charge in [0.15, 0.2) is 0 Å². The fourth-order valence-electron chi connectivity index (χ4n) is 3.05. The minimum absolute atomic E-state index is 0.0957. The third-order valence-corrected chi connectivity index (χ3v) is 4.52. The highest BCUT2D eigenvalue weighted by atomic mass is 16.5. The summed E-state index contributed by atoms with van der Waals surface area (Å²) in [4.78, 5) is 16.9. The van der Waals surface area contributed by atoms with Crippen molar-refractivity contribution in [3.05, 3.63) is 59.7 Å². The number of nitrogens with zero attached hydrogens (tertiary/aromatic N) is 2. The van der Waals surface area contributed by atoms with E-state index in [1.807, 2.05) is 41.3 Å². The topological polar surface area (TPSA) is 42.0 Å². The van der Waals surface area contributed by atoms with Crippen molar-refractivity contribution in [3.63, 3.8) is 0 Å². The van der Waals surface area contributed by atoms with E-state index in [0.29, 0.717) is 6.61 Å². The molecule has 0 radical (unpaired) electrons. The average molecular weight is 340 g/mol. The maximum atomic E-state index is 12.7. The Hall–Kier alpha value is -2.53. The SMILES string of the molecule is COCc1ccc(C(=O)N2CCN(c3ccc(OC)cc3)CC2)cc1. The van der Waals surface area contributed by atoms with E-state index in [0.717, 1.165) is 48.7 Å². The smallest absolute Gasteiger partial charge is 0.253 e. The molecule has 1 heterocycles. The summed E-state index contributed by atoms with van der Waals surface area (Å²) in [6.07, 6.45) is 0. The number of amides is 1. The van der Waals surface area contributed by atoms with Gasteiger partial charge in [-0.05, 0) is 42.0 Å². The molecule has 0 spiro atoms. The van der Waals surface area contributed by atoms with Crippen LogP contribution in [0.1, 0.15) is 15.9 Å². The number of rotatable bonds is 5. The first-order valence-electron chi connectivity index (χ1n) is 8.47. The van der Waals surface area contributed by atoms with E-state index in [1.54, 1.807) is 14.2 Å². The van der Waals surface area contributed by atoms with Gasteiger partial charge in [0.1, 0.15) is 5.75 Å². The van der Waals surface area contributed by atoms with Crippen LogP contribution in [-0.2, 0) is 11.3 Å². The summed E-state index contributed by atoms with van der Waals surface area (Å²) in [7, 11) is 3.34. The molecule has 0 aliphatic carbocycles. The molecule has 1 aliphatic rings. The van der Waals surface area contributed by atoms with Crippen LogP contribution in [0, 0.1) is 0 Å². The van der Waals surface area contributed by atoms with E-state index >= 15 is 0 Å². The van der Waals surface area contributed by atoms with Gasteiger partial charge in [0.05, 0.1) is 13.7 Å². The third kappa shape index (κ3) is 4.12. The predicted octanol–water partition coefficient (Wildman–Crippen LogP) is 2.80. The van der Waals surface area contributed by atoms with Crippen molar-refractivity contribution in [3.8, 4) is 5.75 Å². The molecule has 0 saturated carbocycles. The lowest BCUT2D eigenvalue weighted by Crippen LogP contribution is -2.48. The van der Waals surface area contributed by atoms with Crippen molar-refractivity contribution in [2.75, 3.05) is 45.3 Å². The number of ether oxygens (including phenoxy) is 2. The zero-order valence-corrected chi connectivity index (χ0v) is 14.8. The van der Waals surface area contributed by atoms with Gasteiger partial charge in [0.2, 0.25) is 0 Å². The lowest BCUT2D eigenvalue weighted by molar-refractivity contribution is 0.0746. The zero-order valence-electron chi connectivity index (χ0n) is 14.8. The van der Waals surface area contributed by atoms with Gasteiger partial charge in [-0.2, -0.15) is 0 Å². The Kier molecular flexibility index (Phi) is 5.56. The Morgan fingerprint density at radius 3 is 2.12 bits per heavy atom. The van der Waals surface area contributed by atoms with Gasteiger partial charge < -0.3 is 19.3 Å². The number of methoxy groups -OCH3 is 2. The van der Waals surface area contributed by atoms with Crippen LogP contribution < -0.4 is 9.64 Å². The summed E-state index contributed by atoms with van der Waals surface area (Å²) < 4.78 is 10.3. The second kappa shape index (κ2) is 8.03. The highest BCUT2D eigenvalue weighted by molar-refractivity contribution is 5.94. The Balaban J connectivity index is 1.58. The Bertz CT molecular complexity index is 690. The number of benzene rings is 2. The standard InChI is InChI=1S/C20H24N2O3/c1-24-15-16-3-5-17(6-4-16)20(23)22-13-11-21(12-14-22)18-7-9-19(25-2)10-8-18/h3-10H,11-15H2,1-2H3. The molecule has 5 heteroatoms. The van der Waals surface area contributed by atoms with Crippen LogP contribution in [0.15, 0.2) is 48.5 Å². The summed E-state index contributed by atoms with van der Waals surface area (Å²) in [6, 6.07) is 15.7. The van der Waals surface area contributed by atoms with Gasteiger partial charge in [-0.25, -0.2) is 0 Å². The molecule has 0 unspecified atom stereocenters. The molecule has 1 amide bonds.